The van der Waals surface area contributed by atoms with Crippen LogP contribution < -0.4 is 5.48 Å². The van der Waals surface area contributed by atoms with Crippen molar-refractivity contribution < 1.29 is 4.84 Å². The third-order valence-electron chi connectivity index (χ3n) is 2.24. The molecule has 0 unspecified atom stereocenters. The van der Waals surface area contributed by atoms with Crippen LogP contribution in [-0.2, 0) is 11.4 Å². The van der Waals surface area contributed by atoms with Crippen molar-refractivity contribution in [3.05, 3.63) is 35.2 Å². The van der Waals surface area contributed by atoms with E-state index in [1.54, 1.807) is 0 Å². The molecule has 4 nitrogen and oxygen atoms in total. The van der Waals surface area contributed by atoms with Crippen LogP contribution >= 0.6 is 11.6 Å². The summed E-state index contributed by atoms with van der Waals surface area (Å²) in [5, 5.41) is 0.700. The van der Waals surface area contributed by atoms with Crippen LogP contribution in [0.2, 0.25) is 5.02 Å². The molecule has 2 aromatic rings. The first-order valence-electron chi connectivity index (χ1n) is 5.63. The molecule has 2 aromatic heterocycles. The van der Waals surface area contributed by atoms with Crippen LogP contribution in [0.1, 0.15) is 19.5 Å². The Bertz CT molecular complexity index is 495. The molecule has 0 saturated heterocycles. The Morgan fingerprint density at radius 2 is 2.24 bits per heavy atom. The molecular weight excluding hydrogens is 238 g/mol. The second kappa shape index (κ2) is 5.49. The van der Waals surface area contributed by atoms with Gasteiger partial charge in [-0.25, -0.2) is 4.98 Å². The lowest BCUT2D eigenvalue weighted by molar-refractivity contribution is 0.0191. The zero-order valence-electron chi connectivity index (χ0n) is 9.98. The molecule has 0 aromatic carbocycles. The number of halogens is 1. The SMILES string of the molecule is CC(C)CONCc1cn2cc(Cl)ccc2n1. The number of aromatic nitrogens is 2. The van der Waals surface area contributed by atoms with E-state index >= 15 is 0 Å². The van der Waals surface area contributed by atoms with Crippen molar-refractivity contribution in [1.29, 1.82) is 0 Å². The van der Waals surface area contributed by atoms with Gasteiger partial charge in [-0.1, -0.05) is 25.4 Å². The number of nitrogens with zero attached hydrogens (tertiary/aromatic N) is 2. The van der Waals surface area contributed by atoms with Crippen LogP contribution in [-0.4, -0.2) is 16.0 Å². The molecule has 1 N–H and O–H groups in total. The maximum absolute atomic E-state index is 5.90. The van der Waals surface area contributed by atoms with Crippen molar-refractivity contribution in [2.75, 3.05) is 6.61 Å². The van der Waals surface area contributed by atoms with Gasteiger partial charge >= 0.3 is 0 Å². The fraction of sp³-hybridized carbons (Fsp3) is 0.417. The van der Waals surface area contributed by atoms with Gasteiger partial charge in [0.15, 0.2) is 0 Å². The number of pyridine rings is 1. The van der Waals surface area contributed by atoms with Crippen LogP contribution in [0, 0.1) is 5.92 Å². The molecule has 17 heavy (non-hydrogen) atoms. The van der Waals surface area contributed by atoms with E-state index in [0.717, 1.165) is 11.3 Å². The molecule has 0 bridgehead atoms. The molecule has 0 spiro atoms. The first-order valence-corrected chi connectivity index (χ1v) is 6.01. The zero-order chi connectivity index (χ0) is 12.3. The van der Waals surface area contributed by atoms with Gasteiger partial charge in [0.05, 0.1) is 23.9 Å². The van der Waals surface area contributed by atoms with Gasteiger partial charge in [0.25, 0.3) is 0 Å². The number of fused-ring (bicyclic) bond motifs is 1. The summed E-state index contributed by atoms with van der Waals surface area (Å²) < 4.78 is 1.90. The van der Waals surface area contributed by atoms with Crippen molar-refractivity contribution >= 4 is 17.2 Å². The Morgan fingerprint density at radius 1 is 1.41 bits per heavy atom. The second-order valence-electron chi connectivity index (χ2n) is 4.37. The molecule has 0 radical (unpaired) electrons. The van der Waals surface area contributed by atoms with Gasteiger partial charge < -0.3 is 9.24 Å². The van der Waals surface area contributed by atoms with Crippen LogP contribution in [0.5, 0.6) is 0 Å². The first kappa shape index (κ1) is 12.4. The number of hydrogen-bond acceptors (Lipinski definition) is 3. The second-order valence-corrected chi connectivity index (χ2v) is 4.81. The number of nitrogens with one attached hydrogen (secondary N) is 1. The van der Waals surface area contributed by atoms with E-state index in [9.17, 15) is 0 Å². The maximum atomic E-state index is 5.90. The summed E-state index contributed by atoms with van der Waals surface area (Å²) in [5.74, 6) is 0.516. The zero-order valence-corrected chi connectivity index (χ0v) is 10.7. The summed E-state index contributed by atoms with van der Waals surface area (Å²) in [6.07, 6.45) is 3.77. The van der Waals surface area contributed by atoms with Crippen LogP contribution in [0.15, 0.2) is 24.5 Å². The van der Waals surface area contributed by atoms with E-state index in [0.29, 0.717) is 24.1 Å². The van der Waals surface area contributed by atoms with E-state index in [1.165, 1.54) is 0 Å². The minimum atomic E-state index is 0.516. The molecule has 0 aliphatic carbocycles. The molecule has 0 atom stereocenters. The predicted molar refractivity (Wildman–Crippen MR) is 67.8 cm³/mol. The molecule has 92 valence electrons. The average Bonchev–Trinajstić information content (AvgIpc) is 2.66. The summed E-state index contributed by atoms with van der Waals surface area (Å²) in [7, 11) is 0. The molecule has 0 fully saturated rings. The van der Waals surface area contributed by atoms with E-state index < -0.39 is 0 Å². The first-order chi connectivity index (χ1) is 8.15. The van der Waals surface area contributed by atoms with E-state index in [-0.39, 0.29) is 0 Å². The molecule has 0 amide bonds. The van der Waals surface area contributed by atoms with Crippen molar-refractivity contribution in [3.8, 4) is 0 Å². The standard InChI is InChI=1S/C12H16ClN3O/c1-9(2)8-17-14-5-11-7-16-6-10(13)3-4-12(16)15-11/h3-4,6-7,9,14H,5,8H2,1-2H3. The molecular formula is C12H16ClN3O. The summed E-state index contributed by atoms with van der Waals surface area (Å²) in [6, 6.07) is 3.72. The van der Waals surface area contributed by atoms with E-state index in [2.05, 4.69) is 24.3 Å². The van der Waals surface area contributed by atoms with Gasteiger partial charge in [0, 0.05) is 12.4 Å². The number of hydrogen-bond donors (Lipinski definition) is 1. The van der Waals surface area contributed by atoms with Gasteiger partial charge in [-0.3, -0.25) is 0 Å². The van der Waals surface area contributed by atoms with Crippen molar-refractivity contribution in [2.45, 2.75) is 20.4 Å². The van der Waals surface area contributed by atoms with Crippen molar-refractivity contribution in [2.24, 2.45) is 5.92 Å². The minimum absolute atomic E-state index is 0.516. The largest absolute Gasteiger partial charge is 0.305 e. The molecule has 0 aliphatic heterocycles. The third-order valence-corrected chi connectivity index (χ3v) is 2.46. The Labute approximate surface area is 106 Å². The summed E-state index contributed by atoms with van der Waals surface area (Å²) >= 11 is 5.90. The molecule has 0 saturated carbocycles. The summed E-state index contributed by atoms with van der Waals surface area (Å²) in [6.45, 7) is 5.49. The van der Waals surface area contributed by atoms with Crippen LogP contribution in [0.25, 0.3) is 5.65 Å². The Hall–Kier alpha value is -1.10. The summed E-state index contributed by atoms with van der Waals surface area (Å²) in [4.78, 5) is 9.73. The minimum Gasteiger partial charge on any atom is -0.305 e. The average molecular weight is 254 g/mol. The highest BCUT2D eigenvalue weighted by molar-refractivity contribution is 6.30. The topological polar surface area (TPSA) is 38.6 Å². The monoisotopic (exact) mass is 253 g/mol. The van der Waals surface area contributed by atoms with Gasteiger partial charge in [-0.2, -0.15) is 5.48 Å². The quantitative estimate of drug-likeness (QED) is 0.658. The fourth-order valence-electron chi connectivity index (χ4n) is 1.45. The molecule has 2 heterocycles. The lowest BCUT2D eigenvalue weighted by Crippen LogP contribution is -2.17. The van der Waals surface area contributed by atoms with Gasteiger partial charge in [0.2, 0.25) is 0 Å². The van der Waals surface area contributed by atoms with E-state index in [1.807, 2.05) is 28.9 Å². The number of imidazole rings is 1. The van der Waals surface area contributed by atoms with E-state index in [4.69, 9.17) is 16.4 Å². The van der Waals surface area contributed by atoms with Crippen molar-refractivity contribution in [1.82, 2.24) is 14.9 Å². The van der Waals surface area contributed by atoms with Gasteiger partial charge in [-0.15, -0.1) is 0 Å². The van der Waals surface area contributed by atoms with Gasteiger partial charge in [-0.05, 0) is 18.1 Å². The highest BCUT2D eigenvalue weighted by Crippen LogP contribution is 2.11. The fourth-order valence-corrected chi connectivity index (χ4v) is 1.62. The maximum Gasteiger partial charge on any atom is 0.137 e. The lowest BCUT2D eigenvalue weighted by Gasteiger charge is -2.05. The normalized spacial score (nSPS) is 11.5. The molecule has 0 aliphatic rings. The van der Waals surface area contributed by atoms with Gasteiger partial charge in [0.1, 0.15) is 5.65 Å². The summed E-state index contributed by atoms with van der Waals surface area (Å²) in [5.41, 5.74) is 4.71. The molecule has 2 rings (SSSR count). The van der Waals surface area contributed by atoms with Crippen LogP contribution in [0.3, 0.4) is 0 Å². The van der Waals surface area contributed by atoms with Crippen LogP contribution in [0.4, 0.5) is 0 Å². The number of hydroxylamine groups is 1. The molecule has 5 heteroatoms. The Kier molecular flexibility index (Phi) is 3.99. The predicted octanol–water partition coefficient (Wildman–Crippen LogP) is 2.66. The Morgan fingerprint density at radius 3 is 3.00 bits per heavy atom. The lowest BCUT2D eigenvalue weighted by atomic mass is 10.2. The highest BCUT2D eigenvalue weighted by atomic mass is 35.5. The Balaban J connectivity index is 1.95. The smallest absolute Gasteiger partial charge is 0.137 e. The number of rotatable bonds is 5. The third kappa shape index (κ3) is 3.43. The van der Waals surface area contributed by atoms with Crippen molar-refractivity contribution in [3.63, 3.8) is 0 Å². The highest BCUT2D eigenvalue weighted by Gasteiger charge is 2.02.